The summed E-state index contributed by atoms with van der Waals surface area (Å²) in [6, 6.07) is 26.7. The van der Waals surface area contributed by atoms with E-state index in [9.17, 15) is 9.90 Å². The fourth-order valence-corrected chi connectivity index (χ4v) is 4.01. The molecule has 0 radical (unpaired) electrons. The summed E-state index contributed by atoms with van der Waals surface area (Å²) in [4.78, 5) is 13.5. The van der Waals surface area contributed by atoms with E-state index >= 15 is 0 Å². The Balaban J connectivity index is 1.69. The Hall–Kier alpha value is -4.12. The number of fused-ring (bicyclic) bond motifs is 1. The predicted molar refractivity (Wildman–Crippen MR) is 120 cm³/mol. The molecule has 5 rings (SSSR count). The number of methoxy groups -OCH3 is 1. The highest BCUT2D eigenvalue weighted by molar-refractivity contribution is 6.22. The minimum absolute atomic E-state index is 0.0411. The van der Waals surface area contributed by atoms with Crippen molar-refractivity contribution in [2.75, 3.05) is 7.11 Å². The van der Waals surface area contributed by atoms with E-state index in [4.69, 9.17) is 9.84 Å². The van der Waals surface area contributed by atoms with Gasteiger partial charge in [0.15, 0.2) is 0 Å². The van der Waals surface area contributed by atoms with Crippen molar-refractivity contribution < 1.29 is 14.6 Å². The Bertz CT molecular complexity index is 1290. The Morgan fingerprint density at radius 2 is 1.45 bits per heavy atom. The number of ether oxygens (including phenoxy) is 1. The molecule has 4 aromatic rings. The number of aliphatic hydroxyl groups is 1. The quantitative estimate of drug-likeness (QED) is 0.492. The molecule has 0 aliphatic carbocycles. The lowest BCUT2D eigenvalue weighted by Gasteiger charge is -2.18. The molecular weight excluding hydrogens is 388 g/mol. The number of aliphatic hydroxyl groups excluding tert-OH is 1. The van der Waals surface area contributed by atoms with Gasteiger partial charge >= 0.3 is 0 Å². The van der Waals surface area contributed by atoms with Crippen LogP contribution in [-0.2, 0) is 6.42 Å². The van der Waals surface area contributed by atoms with Crippen molar-refractivity contribution in [1.29, 1.82) is 0 Å². The molecule has 0 unspecified atom stereocenters. The Kier molecular flexibility index (Phi) is 4.64. The first-order chi connectivity index (χ1) is 15.2. The van der Waals surface area contributed by atoms with E-state index in [2.05, 4.69) is 0 Å². The van der Waals surface area contributed by atoms with Crippen molar-refractivity contribution in [2.24, 2.45) is 0 Å². The summed E-state index contributed by atoms with van der Waals surface area (Å²) in [6.45, 7) is 0. The number of carbonyl (C=O) groups is 1. The first-order valence-electron chi connectivity index (χ1n) is 10.0. The van der Waals surface area contributed by atoms with Crippen molar-refractivity contribution in [1.82, 2.24) is 9.78 Å². The number of nitrogens with zero attached hydrogens (tertiary/aromatic N) is 2. The van der Waals surface area contributed by atoms with Crippen LogP contribution in [0.1, 0.15) is 16.1 Å². The van der Waals surface area contributed by atoms with Crippen molar-refractivity contribution in [3.8, 4) is 28.1 Å². The van der Waals surface area contributed by atoms with Crippen LogP contribution in [0.5, 0.6) is 5.75 Å². The second kappa shape index (κ2) is 7.61. The molecule has 0 bridgehead atoms. The number of hydrogen-bond donors (Lipinski definition) is 1. The molecule has 0 fully saturated rings. The number of benzene rings is 3. The standard InChI is InChI=1S/C26H20N2O3/c1-31-20-14-12-18(13-15-20)24-22(29)16-21-23(17-8-4-2-5-9-17)25(27-28(21)26(24)30)19-10-6-3-7-11-19/h2-15,29H,16H2,1H3. The second-order valence-electron chi connectivity index (χ2n) is 7.35. The monoisotopic (exact) mass is 408 g/mol. The highest BCUT2D eigenvalue weighted by Gasteiger charge is 2.32. The highest BCUT2D eigenvalue weighted by Crippen LogP contribution is 2.39. The number of rotatable bonds is 4. The third-order valence-corrected chi connectivity index (χ3v) is 5.50. The summed E-state index contributed by atoms with van der Waals surface area (Å²) in [7, 11) is 1.59. The molecule has 1 aliphatic heterocycles. The molecule has 1 N–H and O–H groups in total. The zero-order valence-corrected chi connectivity index (χ0v) is 16.9. The van der Waals surface area contributed by atoms with E-state index in [1.807, 2.05) is 60.7 Å². The molecule has 152 valence electrons. The number of aromatic nitrogens is 2. The van der Waals surface area contributed by atoms with Gasteiger partial charge in [0.1, 0.15) is 17.2 Å². The molecule has 0 spiro atoms. The van der Waals surface area contributed by atoms with Gasteiger partial charge in [-0.05, 0) is 23.3 Å². The van der Waals surface area contributed by atoms with Crippen LogP contribution in [0.4, 0.5) is 0 Å². The van der Waals surface area contributed by atoms with E-state index in [0.717, 1.165) is 22.4 Å². The molecule has 0 saturated carbocycles. The molecule has 0 atom stereocenters. The van der Waals surface area contributed by atoms with Crippen LogP contribution in [0.3, 0.4) is 0 Å². The average Bonchev–Trinajstić information content (AvgIpc) is 3.20. The van der Waals surface area contributed by atoms with Crippen molar-refractivity contribution in [3.05, 3.63) is 102 Å². The zero-order valence-electron chi connectivity index (χ0n) is 16.9. The molecule has 1 aromatic heterocycles. The van der Waals surface area contributed by atoms with E-state index < -0.39 is 0 Å². The average molecular weight is 408 g/mol. The third kappa shape index (κ3) is 3.20. The van der Waals surface area contributed by atoms with Gasteiger partial charge in [0.05, 0.1) is 18.4 Å². The van der Waals surface area contributed by atoms with Gasteiger partial charge in [-0.1, -0.05) is 72.8 Å². The normalized spacial score (nSPS) is 13.3. The largest absolute Gasteiger partial charge is 0.511 e. The van der Waals surface area contributed by atoms with Gasteiger partial charge in [0.25, 0.3) is 5.91 Å². The molecule has 5 heteroatoms. The maximum atomic E-state index is 13.5. The van der Waals surface area contributed by atoms with Gasteiger partial charge < -0.3 is 9.84 Å². The van der Waals surface area contributed by atoms with Crippen LogP contribution < -0.4 is 4.74 Å². The maximum absolute atomic E-state index is 13.5. The van der Waals surface area contributed by atoms with Gasteiger partial charge in [-0.15, -0.1) is 0 Å². The number of allylic oxidation sites excluding steroid dienone is 2. The lowest BCUT2D eigenvalue weighted by Crippen LogP contribution is -2.24. The summed E-state index contributed by atoms with van der Waals surface area (Å²) in [5, 5.41) is 15.6. The van der Waals surface area contributed by atoms with Crippen molar-refractivity contribution in [2.45, 2.75) is 6.42 Å². The lowest BCUT2D eigenvalue weighted by atomic mass is 9.93. The van der Waals surface area contributed by atoms with Crippen LogP contribution in [-0.4, -0.2) is 27.9 Å². The summed E-state index contributed by atoms with van der Waals surface area (Å²) < 4.78 is 6.64. The first kappa shape index (κ1) is 18.9. The molecule has 0 amide bonds. The topological polar surface area (TPSA) is 64.3 Å². The number of hydrogen-bond acceptors (Lipinski definition) is 4. The van der Waals surface area contributed by atoms with Gasteiger partial charge in [0.2, 0.25) is 0 Å². The van der Waals surface area contributed by atoms with Crippen LogP contribution in [0.25, 0.3) is 28.0 Å². The van der Waals surface area contributed by atoms with E-state index in [0.29, 0.717) is 17.0 Å². The molecule has 5 nitrogen and oxygen atoms in total. The van der Waals surface area contributed by atoms with Crippen LogP contribution >= 0.6 is 0 Å². The molecule has 1 aliphatic rings. The first-order valence-corrected chi connectivity index (χ1v) is 10.0. The molecular formula is C26H20N2O3. The molecule has 3 aromatic carbocycles. The van der Waals surface area contributed by atoms with Gasteiger partial charge in [0, 0.05) is 17.5 Å². The van der Waals surface area contributed by atoms with Gasteiger partial charge in [-0.25, -0.2) is 0 Å². The SMILES string of the molecule is COc1ccc(C2=C(O)Cc3c(-c4ccccc4)c(-c4ccccc4)nn3C2=O)cc1. The maximum Gasteiger partial charge on any atom is 0.282 e. The third-order valence-electron chi connectivity index (χ3n) is 5.50. The van der Waals surface area contributed by atoms with Crippen molar-refractivity contribution in [3.63, 3.8) is 0 Å². The Morgan fingerprint density at radius 1 is 0.839 bits per heavy atom. The van der Waals surface area contributed by atoms with Crippen LogP contribution in [0.15, 0.2) is 90.7 Å². The minimum atomic E-state index is -0.344. The zero-order chi connectivity index (χ0) is 21.4. The van der Waals surface area contributed by atoms with E-state index in [-0.39, 0.29) is 23.7 Å². The minimum Gasteiger partial charge on any atom is -0.511 e. The smallest absolute Gasteiger partial charge is 0.282 e. The summed E-state index contributed by atoms with van der Waals surface area (Å²) >= 11 is 0. The predicted octanol–water partition coefficient (Wildman–Crippen LogP) is 5.39. The summed E-state index contributed by atoms with van der Waals surface area (Å²) in [6.07, 6.45) is 0.219. The Labute approximate surface area is 179 Å². The molecule has 31 heavy (non-hydrogen) atoms. The van der Waals surface area contributed by atoms with Crippen LogP contribution in [0.2, 0.25) is 0 Å². The fourth-order valence-electron chi connectivity index (χ4n) is 4.01. The fraction of sp³-hybridized carbons (Fsp3) is 0.0769. The van der Waals surface area contributed by atoms with Gasteiger partial charge in [-0.3, -0.25) is 4.79 Å². The molecule has 0 saturated heterocycles. The highest BCUT2D eigenvalue weighted by atomic mass is 16.5. The molecule has 2 heterocycles. The lowest BCUT2D eigenvalue weighted by molar-refractivity contribution is 0.0953. The van der Waals surface area contributed by atoms with E-state index in [1.54, 1.807) is 31.4 Å². The van der Waals surface area contributed by atoms with E-state index in [1.165, 1.54) is 4.68 Å². The Morgan fingerprint density at radius 3 is 2.06 bits per heavy atom. The van der Waals surface area contributed by atoms with Crippen molar-refractivity contribution >= 4 is 11.5 Å². The van der Waals surface area contributed by atoms with Gasteiger partial charge in [-0.2, -0.15) is 9.78 Å². The summed E-state index contributed by atoms with van der Waals surface area (Å²) in [5.41, 5.74) is 5.03. The second-order valence-corrected chi connectivity index (χ2v) is 7.35. The number of carbonyl (C=O) groups excluding carboxylic acids is 1. The summed E-state index contributed by atoms with van der Waals surface area (Å²) in [5.74, 6) is 0.382. The van der Waals surface area contributed by atoms with Crippen LogP contribution in [0, 0.1) is 0 Å².